The van der Waals surface area contributed by atoms with Gasteiger partial charge in [-0.1, -0.05) is 63.1 Å². The maximum atomic E-state index is 14.2. The second kappa shape index (κ2) is 10.1. The van der Waals surface area contributed by atoms with Gasteiger partial charge in [-0.25, -0.2) is 4.39 Å². The minimum Gasteiger partial charge on any atom is -0.359 e. The number of carbonyl (C=O) groups is 3. The van der Waals surface area contributed by atoms with Crippen molar-refractivity contribution < 1.29 is 23.5 Å². The summed E-state index contributed by atoms with van der Waals surface area (Å²) in [7, 11) is 0. The van der Waals surface area contributed by atoms with Gasteiger partial charge in [0.15, 0.2) is 0 Å². The van der Waals surface area contributed by atoms with E-state index in [0.717, 1.165) is 24.8 Å². The fourth-order valence-corrected chi connectivity index (χ4v) is 7.22. The van der Waals surface area contributed by atoms with Crippen LogP contribution < -0.4 is 10.6 Å². The van der Waals surface area contributed by atoms with Gasteiger partial charge in [-0.05, 0) is 60.6 Å². The van der Waals surface area contributed by atoms with E-state index in [0.29, 0.717) is 23.1 Å². The number of rotatable bonds is 6. The molecule has 6 unspecified atom stereocenters. The monoisotopic (exact) mass is 545 g/mol. The van der Waals surface area contributed by atoms with Crippen LogP contribution in [0.2, 0.25) is 0 Å². The SMILES string of the molecule is Cc1cccc(NC(=O)C2[C@H]3C=CC4(O3)C(C(=O)NC3CCCC(C)C3C)N(Cc3ccc(F)cc3)C(=O)[C@@H]24)c1. The van der Waals surface area contributed by atoms with E-state index < -0.39 is 29.6 Å². The summed E-state index contributed by atoms with van der Waals surface area (Å²) in [6, 6.07) is 12.5. The van der Waals surface area contributed by atoms with Crippen molar-refractivity contribution >= 4 is 23.4 Å². The van der Waals surface area contributed by atoms with Crippen LogP contribution in [0.1, 0.15) is 44.2 Å². The van der Waals surface area contributed by atoms with Gasteiger partial charge in [-0.2, -0.15) is 0 Å². The predicted molar refractivity (Wildman–Crippen MR) is 148 cm³/mol. The lowest BCUT2D eigenvalue weighted by Gasteiger charge is -2.38. The molecular weight excluding hydrogens is 509 g/mol. The number of nitrogens with zero attached hydrogens (tertiary/aromatic N) is 1. The highest BCUT2D eigenvalue weighted by Gasteiger charge is 2.72. The maximum Gasteiger partial charge on any atom is 0.246 e. The number of likely N-dealkylation sites (tertiary alicyclic amines) is 1. The number of hydrogen-bond acceptors (Lipinski definition) is 4. The quantitative estimate of drug-likeness (QED) is 0.528. The Hall–Kier alpha value is -3.52. The van der Waals surface area contributed by atoms with Crippen LogP contribution in [0.25, 0.3) is 0 Å². The smallest absolute Gasteiger partial charge is 0.246 e. The molecule has 0 aromatic heterocycles. The zero-order valence-corrected chi connectivity index (χ0v) is 23.1. The van der Waals surface area contributed by atoms with Crippen molar-refractivity contribution in [2.75, 3.05) is 5.32 Å². The summed E-state index contributed by atoms with van der Waals surface area (Å²) in [4.78, 5) is 43.5. The van der Waals surface area contributed by atoms with Crippen LogP contribution in [0.5, 0.6) is 0 Å². The van der Waals surface area contributed by atoms with E-state index in [1.165, 1.54) is 17.0 Å². The Bertz CT molecular complexity index is 1360. The number of halogens is 1. The fourth-order valence-electron chi connectivity index (χ4n) is 7.22. The van der Waals surface area contributed by atoms with E-state index in [2.05, 4.69) is 24.5 Å². The highest BCUT2D eigenvalue weighted by atomic mass is 19.1. The summed E-state index contributed by atoms with van der Waals surface area (Å²) in [6.07, 6.45) is 6.08. The van der Waals surface area contributed by atoms with E-state index >= 15 is 0 Å². The summed E-state index contributed by atoms with van der Waals surface area (Å²) < 4.78 is 20.1. The van der Waals surface area contributed by atoms with Gasteiger partial charge in [-0.15, -0.1) is 0 Å². The molecule has 7 nitrogen and oxygen atoms in total. The van der Waals surface area contributed by atoms with Gasteiger partial charge in [0.25, 0.3) is 0 Å². The average molecular weight is 546 g/mol. The van der Waals surface area contributed by atoms with Gasteiger partial charge < -0.3 is 20.3 Å². The summed E-state index contributed by atoms with van der Waals surface area (Å²) in [5.74, 6) is -2.08. The van der Waals surface area contributed by atoms with Crippen LogP contribution in [0.15, 0.2) is 60.7 Å². The second-order valence-corrected chi connectivity index (χ2v) is 12.0. The molecule has 1 aliphatic carbocycles. The molecule has 2 N–H and O–H groups in total. The van der Waals surface area contributed by atoms with E-state index in [-0.39, 0.29) is 36.1 Å². The maximum absolute atomic E-state index is 14.2. The van der Waals surface area contributed by atoms with Gasteiger partial charge >= 0.3 is 0 Å². The van der Waals surface area contributed by atoms with Crippen LogP contribution in [0, 0.1) is 36.4 Å². The number of amides is 3. The van der Waals surface area contributed by atoms with Gasteiger partial charge in [0.05, 0.1) is 17.9 Å². The second-order valence-electron chi connectivity index (χ2n) is 12.0. The van der Waals surface area contributed by atoms with Crippen LogP contribution in [0.4, 0.5) is 10.1 Å². The van der Waals surface area contributed by atoms with Crippen molar-refractivity contribution in [1.29, 1.82) is 0 Å². The molecular formula is C32H36FN3O4. The molecule has 210 valence electrons. The van der Waals surface area contributed by atoms with E-state index in [4.69, 9.17) is 4.74 Å². The molecule has 8 heteroatoms. The molecule has 3 aliphatic heterocycles. The molecule has 2 aromatic carbocycles. The van der Waals surface area contributed by atoms with E-state index in [9.17, 15) is 18.8 Å². The highest BCUT2D eigenvalue weighted by Crippen LogP contribution is 2.55. The number of benzene rings is 2. The van der Waals surface area contributed by atoms with Crippen LogP contribution in [-0.4, -0.2) is 46.4 Å². The van der Waals surface area contributed by atoms with Crippen molar-refractivity contribution in [3.8, 4) is 0 Å². The third kappa shape index (κ3) is 4.42. The zero-order valence-electron chi connectivity index (χ0n) is 23.1. The first kappa shape index (κ1) is 26.7. The third-order valence-electron chi connectivity index (χ3n) is 9.51. The summed E-state index contributed by atoms with van der Waals surface area (Å²) in [5, 5.41) is 6.22. The molecule has 8 atom stereocenters. The normalized spacial score (nSPS) is 34.1. The first-order chi connectivity index (χ1) is 19.2. The standard InChI is InChI=1S/C32H36FN3O4/c1-18-6-4-8-23(16-18)34-29(37)26-25-14-15-32(40-25)27(26)31(39)36(17-21-10-12-22(33)13-11-21)28(32)30(38)35-24-9-5-7-19(2)20(24)3/h4,6,8,10-16,19-20,24-28H,5,7,9,17H2,1-3H3,(H,34,37)(H,35,38)/t19?,20?,24?,25-,26?,27-,28?,32?/m1/s1. The average Bonchev–Trinajstić information content (AvgIpc) is 3.55. The molecule has 3 fully saturated rings. The Morgan fingerprint density at radius 2 is 1.88 bits per heavy atom. The lowest BCUT2D eigenvalue weighted by Crippen LogP contribution is -2.57. The number of hydrogen-bond donors (Lipinski definition) is 2. The number of fused-ring (bicyclic) bond motifs is 1. The minimum absolute atomic E-state index is 0.00234. The number of ether oxygens (including phenoxy) is 1. The van der Waals surface area contributed by atoms with Crippen molar-refractivity contribution in [3.05, 3.63) is 77.6 Å². The largest absolute Gasteiger partial charge is 0.359 e. The minimum atomic E-state index is -1.25. The molecule has 40 heavy (non-hydrogen) atoms. The van der Waals surface area contributed by atoms with Crippen LogP contribution in [0.3, 0.4) is 0 Å². The van der Waals surface area contributed by atoms with Crippen LogP contribution in [-0.2, 0) is 25.7 Å². The van der Waals surface area contributed by atoms with Gasteiger partial charge in [-0.3, -0.25) is 14.4 Å². The molecule has 1 saturated carbocycles. The van der Waals surface area contributed by atoms with Crippen molar-refractivity contribution in [3.63, 3.8) is 0 Å². The topological polar surface area (TPSA) is 87.7 Å². The number of anilines is 1. The Balaban J connectivity index is 1.33. The summed E-state index contributed by atoms with van der Waals surface area (Å²) in [5.41, 5.74) is 1.10. The van der Waals surface area contributed by atoms with Crippen molar-refractivity contribution in [2.24, 2.45) is 23.7 Å². The number of carbonyl (C=O) groups excluding carboxylic acids is 3. The highest BCUT2D eigenvalue weighted by molar-refractivity contribution is 6.02. The first-order valence-corrected chi connectivity index (χ1v) is 14.3. The predicted octanol–water partition coefficient (Wildman–Crippen LogP) is 4.36. The molecule has 4 aliphatic rings. The van der Waals surface area contributed by atoms with Gasteiger partial charge in [0, 0.05) is 18.3 Å². The first-order valence-electron chi connectivity index (χ1n) is 14.3. The van der Waals surface area contributed by atoms with Gasteiger partial charge in [0.1, 0.15) is 17.5 Å². The zero-order chi connectivity index (χ0) is 28.2. The molecule has 2 saturated heterocycles. The number of nitrogens with one attached hydrogen (secondary N) is 2. The third-order valence-corrected chi connectivity index (χ3v) is 9.51. The van der Waals surface area contributed by atoms with Crippen molar-refractivity contribution in [2.45, 2.75) is 70.4 Å². The molecule has 3 amide bonds. The lowest BCUT2D eigenvalue weighted by molar-refractivity contribution is -0.142. The summed E-state index contributed by atoms with van der Waals surface area (Å²) in [6.45, 7) is 6.42. The van der Waals surface area contributed by atoms with Gasteiger partial charge in [0.2, 0.25) is 17.7 Å². The Labute approximate surface area is 234 Å². The van der Waals surface area contributed by atoms with Crippen LogP contribution >= 0.6 is 0 Å². The number of aryl methyl sites for hydroxylation is 1. The molecule has 0 radical (unpaired) electrons. The molecule has 1 spiro atoms. The Morgan fingerprint density at radius 1 is 1.10 bits per heavy atom. The molecule has 2 bridgehead atoms. The molecule has 6 rings (SSSR count). The van der Waals surface area contributed by atoms with E-state index in [1.807, 2.05) is 43.3 Å². The fraction of sp³-hybridized carbons (Fsp3) is 0.469. The Morgan fingerprint density at radius 3 is 2.62 bits per heavy atom. The summed E-state index contributed by atoms with van der Waals surface area (Å²) >= 11 is 0. The lowest BCUT2D eigenvalue weighted by atomic mass is 9.73. The molecule has 2 aromatic rings. The van der Waals surface area contributed by atoms with E-state index in [1.54, 1.807) is 12.1 Å². The Kier molecular flexibility index (Phi) is 6.77. The molecule has 3 heterocycles. The van der Waals surface area contributed by atoms with Crippen molar-refractivity contribution in [1.82, 2.24) is 10.2 Å².